The van der Waals surface area contributed by atoms with Gasteiger partial charge in [-0.15, -0.1) is 0 Å². The van der Waals surface area contributed by atoms with E-state index in [2.05, 4.69) is 4.98 Å². The van der Waals surface area contributed by atoms with Crippen molar-refractivity contribution in [3.05, 3.63) is 118 Å². The third-order valence-electron chi connectivity index (χ3n) is 7.95. The number of methoxy groups -OCH3 is 1. The molecule has 2 aliphatic heterocycles. The molecule has 1 unspecified atom stereocenters. The number of carboxylic acid groups (broad SMARTS) is 1. The van der Waals surface area contributed by atoms with Crippen LogP contribution in [0.15, 0.2) is 90.2 Å². The molecule has 6 rings (SSSR count). The fraction of sp³-hybridized carbons (Fsp3) is 0.182. The number of nitrogens with zero attached hydrogens (tertiary/aromatic N) is 1. The number of benzene rings is 3. The summed E-state index contributed by atoms with van der Waals surface area (Å²) in [5.41, 5.74) is 1.35. The molecule has 0 radical (unpaired) electrons. The molecular weight excluding hydrogens is 536 g/mol. The van der Waals surface area contributed by atoms with Gasteiger partial charge in [-0.05, 0) is 48.2 Å². The molecule has 3 aromatic carbocycles. The number of Topliss-reactive ketones (excluding diaryl/α,β-unsaturated/α-hetero) is 1. The van der Waals surface area contributed by atoms with Crippen LogP contribution >= 0.6 is 0 Å². The van der Waals surface area contributed by atoms with Crippen molar-refractivity contribution in [1.29, 1.82) is 0 Å². The number of H-pyrrole nitrogens is 1. The molecule has 0 bridgehead atoms. The van der Waals surface area contributed by atoms with Crippen molar-refractivity contribution in [3.63, 3.8) is 0 Å². The molecule has 0 aliphatic carbocycles. The average Bonchev–Trinajstić information content (AvgIpc) is 3.39. The summed E-state index contributed by atoms with van der Waals surface area (Å²) in [6.45, 7) is 2.27. The number of aromatic nitrogens is 1. The summed E-state index contributed by atoms with van der Waals surface area (Å²) >= 11 is 0. The van der Waals surface area contributed by atoms with Gasteiger partial charge in [0.2, 0.25) is 5.54 Å². The second-order valence-corrected chi connectivity index (χ2v) is 10.4. The Labute approximate surface area is 241 Å². The van der Waals surface area contributed by atoms with Gasteiger partial charge >= 0.3 is 11.9 Å². The van der Waals surface area contributed by atoms with Gasteiger partial charge in [-0.2, -0.15) is 0 Å². The lowest BCUT2D eigenvalue weighted by Gasteiger charge is -2.46. The Morgan fingerprint density at radius 2 is 1.79 bits per heavy atom. The SMILES string of the molecule is COC(=O)C1=CC(C(=O)c2cc(C)c(OCc3ccccc3)cc2O)=CN2CCc3c([nH]c4ccccc34)C12C(=O)O. The minimum atomic E-state index is -1.93. The zero-order chi connectivity index (χ0) is 29.6. The highest BCUT2D eigenvalue weighted by atomic mass is 16.5. The quantitative estimate of drug-likeness (QED) is 0.216. The molecule has 3 heterocycles. The number of allylic oxidation sites excluding steroid dienone is 2. The first-order valence-corrected chi connectivity index (χ1v) is 13.4. The average molecular weight is 565 g/mol. The zero-order valence-corrected chi connectivity index (χ0v) is 23.0. The van der Waals surface area contributed by atoms with E-state index in [1.54, 1.807) is 6.92 Å². The minimum Gasteiger partial charge on any atom is -0.507 e. The van der Waals surface area contributed by atoms with E-state index in [4.69, 9.17) is 9.47 Å². The van der Waals surface area contributed by atoms with Gasteiger partial charge in [-0.25, -0.2) is 9.59 Å². The predicted octanol–water partition coefficient (Wildman–Crippen LogP) is 4.78. The third-order valence-corrected chi connectivity index (χ3v) is 7.95. The van der Waals surface area contributed by atoms with E-state index in [1.165, 1.54) is 36.4 Å². The van der Waals surface area contributed by atoms with Crippen LogP contribution in [-0.4, -0.2) is 51.5 Å². The summed E-state index contributed by atoms with van der Waals surface area (Å²) in [4.78, 5) is 44.9. The maximum Gasteiger partial charge on any atom is 0.340 e. The van der Waals surface area contributed by atoms with Gasteiger partial charge in [0.05, 0.1) is 23.9 Å². The Morgan fingerprint density at radius 3 is 2.52 bits per heavy atom. The summed E-state index contributed by atoms with van der Waals surface area (Å²) in [5, 5.41) is 22.5. The summed E-state index contributed by atoms with van der Waals surface area (Å²) in [6.07, 6.45) is 3.19. The van der Waals surface area contributed by atoms with Crippen molar-refractivity contribution >= 4 is 28.6 Å². The molecule has 0 saturated carbocycles. The number of ketones is 1. The Morgan fingerprint density at radius 1 is 1.05 bits per heavy atom. The normalized spacial score (nSPS) is 17.5. The first-order valence-electron chi connectivity index (χ1n) is 13.4. The summed E-state index contributed by atoms with van der Waals surface area (Å²) < 4.78 is 10.9. The van der Waals surface area contributed by atoms with Crippen molar-refractivity contribution in [3.8, 4) is 11.5 Å². The van der Waals surface area contributed by atoms with E-state index in [0.717, 1.165) is 22.0 Å². The number of aromatic hydroxyl groups is 1. The molecule has 0 fully saturated rings. The van der Waals surface area contributed by atoms with Crippen LogP contribution in [0.2, 0.25) is 0 Å². The maximum absolute atomic E-state index is 13.8. The topological polar surface area (TPSA) is 129 Å². The van der Waals surface area contributed by atoms with Crippen molar-refractivity contribution in [2.24, 2.45) is 0 Å². The highest BCUT2D eigenvalue weighted by molar-refractivity contribution is 6.15. The highest BCUT2D eigenvalue weighted by Gasteiger charge is 2.57. The minimum absolute atomic E-state index is 0.00240. The van der Waals surface area contributed by atoms with Crippen LogP contribution in [0.3, 0.4) is 0 Å². The number of para-hydroxylation sites is 1. The van der Waals surface area contributed by atoms with Crippen LogP contribution in [0.25, 0.3) is 10.9 Å². The summed E-state index contributed by atoms with van der Waals surface area (Å²) in [6, 6.07) is 19.9. The fourth-order valence-corrected chi connectivity index (χ4v) is 5.92. The van der Waals surface area contributed by atoms with Crippen LogP contribution in [0, 0.1) is 6.92 Å². The van der Waals surface area contributed by atoms with Crippen molar-refractivity contribution in [2.75, 3.05) is 13.7 Å². The Hall–Kier alpha value is -5.31. The number of phenolic OH excluding ortho intramolecular Hbond substituents is 1. The molecular formula is C33H28N2O7. The van der Waals surface area contributed by atoms with E-state index < -0.39 is 23.3 Å². The molecule has 42 heavy (non-hydrogen) atoms. The number of carboxylic acids is 1. The van der Waals surface area contributed by atoms with Crippen LogP contribution in [0.4, 0.5) is 0 Å². The molecule has 0 saturated heterocycles. The molecule has 0 spiro atoms. The Bertz CT molecular complexity index is 1820. The Balaban J connectivity index is 1.41. The molecule has 9 nitrogen and oxygen atoms in total. The number of ether oxygens (including phenoxy) is 2. The number of hydrogen-bond acceptors (Lipinski definition) is 7. The van der Waals surface area contributed by atoms with Crippen LogP contribution in [0.1, 0.15) is 32.7 Å². The largest absolute Gasteiger partial charge is 0.507 e. The number of carbonyl (C=O) groups excluding carboxylic acids is 2. The molecule has 3 N–H and O–H groups in total. The van der Waals surface area contributed by atoms with E-state index in [0.29, 0.717) is 23.4 Å². The second-order valence-electron chi connectivity index (χ2n) is 10.4. The predicted molar refractivity (Wildman–Crippen MR) is 154 cm³/mol. The number of hydrogen-bond donors (Lipinski definition) is 3. The van der Waals surface area contributed by atoms with E-state index in [-0.39, 0.29) is 35.6 Å². The van der Waals surface area contributed by atoms with Gasteiger partial charge in [0.1, 0.15) is 18.1 Å². The van der Waals surface area contributed by atoms with Gasteiger partial charge in [0.15, 0.2) is 5.78 Å². The number of rotatable bonds is 7. The first-order chi connectivity index (χ1) is 20.2. The van der Waals surface area contributed by atoms with Gasteiger partial charge < -0.3 is 29.6 Å². The van der Waals surface area contributed by atoms with Crippen LogP contribution in [0.5, 0.6) is 11.5 Å². The highest BCUT2D eigenvalue weighted by Crippen LogP contribution is 2.47. The lowest BCUT2D eigenvalue weighted by atomic mass is 9.75. The molecule has 9 heteroatoms. The molecule has 0 amide bonds. The zero-order valence-electron chi connectivity index (χ0n) is 23.0. The van der Waals surface area contributed by atoms with E-state index in [9.17, 15) is 24.6 Å². The monoisotopic (exact) mass is 564 g/mol. The first kappa shape index (κ1) is 26.9. The lowest BCUT2D eigenvalue weighted by Crippen LogP contribution is -2.57. The molecule has 1 atom stereocenters. The Kier molecular flexibility index (Phi) is 6.57. The number of nitrogens with one attached hydrogen (secondary N) is 1. The van der Waals surface area contributed by atoms with Crippen LogP contribution in [-0.2, 0) is 32.9 Å². The molecule has 1 aromatic heterocycles. The number of aryl methyl sites for hydroxylation is 1. The fourth-order valence-electron chi connectivity index (χ4n) is 5.92. The van der Waals surface area contributed by atoms with Crippen LogP contribution < -0.4 is 4.74 Å². The summed E-state index contributed by atoms with van der Waals surface area (Å²) in [7, 11) is 1.17. The lowest BCUT2D eigenvalue weighted by molar-refractivity contribution is -0.153. The van der Waals surface area contributed by atoms with Gasteiger partial charge in [-0.1, -0.05) is 48.5 Å². The second kappa shape index (κ2) is 10.3. The smallest absolute Gasteiger partial charge is 0.340 e. The third kappa shape index (κ3) is 4.13. The van der Waals surface area contributed by atoms with E-state index in [1.807, 2.05) is 54.6 Å². The van der Waals surface area contributed by atoms with Gasteiger partial charge in [0, 0.05) is 35.3 Å². The van der Waals surface area contributed by atoms with Crippen molar-refractivity contribution in [2.45, 2.75) is 25.5 Å². The summed E-state index contributed by atoms with van der Waals surface area (Å²) in [5.74, 6) is -2.61. The number of fused-ring (bicyclic) bond motifs is 5. The number of carbonyl (C=O) groups is 3. The van der Waals surface area contributed by atoms with Gasteiger partial charge in [0.25, 0.3) is 0 Å². The molecule has 212 valence electrons. The standard InChI is InChI=1S/C33H28N2O7/c1-19-14-24(27(36)16-28(19)42-18-20-8-4-3-5-9-20)29(37)21-15-25(31(38)41-2)33(32(39)40)30-23(12-13-35(33)17-21)22-10-6-7-11-26(22)34-30/h3-11,14-17,34,36H,12-13,18H2,1-2H3,(H,39,40). The van der Waals surface area contributed by atoms with E-state index >= 15 is 0 Å². The molecule has 2 aliphatic rings. The number of aliphatic carboxylic acids is 1. The maximum atomic E-state index is 13.8. The van der Waals surface area contributed by atoms with Crippen molar-refractivity contribution < 1.29 is 34.1 Å². The van der Waals surface area contributed by atoms with Gasteiger partial charge in [-0.3, -0.25) is 4.79 Å². The van der Waals surface area contributed by atoms with Crippen molar-refractivity contribution in [1.82, 2.24) is 9.88 Å². The number of aromatic amines is 1. The molecule has 4 aromatic rings. The number of esters is 1. The number of phenols is 1.